The van der Waals surface area contributed by atoms with Gasteiger partial charge in [-0.15, -0.1) is 0 Å². The summed E-state index contributed by atoms with van der Waals surface area (Å²) in [7, 11) is -1.89. The summed E-state index contributed by atoms with van der Waals surface area (Å²) in [5.41, 5.74) is 5.62. The van der Waals surface area contributed by atoms with Crippen molar-refractivity contribution in [2.45, 2.75) is 76.7 Å². The van der Waals surface area contributed by atoms with E-state index in [4.69, 9.17) is 9.16 Å². The number of fused-ring (bicyclic) bond motifs is 3. The van der Waals surface area contributed by atoms with E-state index < -0.39 is 26.4 Å². The molecule has 0 radical (unpaired) electrons. The van der Waals surface area contributed by atoms with Gasteiger partial charge in [-0.05, 0) is 71.8 Å². The fourth-order valence-electron chi connectivity index (χ4n) is 4.93. The Morgan fingerprint density at radius 1 is 0.955 bits per heavy atom. The normalized spacial score (nSPS) is 13.5. The molecule has 1 aliphatic rings. The van der Waals surface area contributed by atoms with Crippen LogP contribution in [0.5, 0.6) is 0 Å². The molecule has 234 valence electrons. The summed E-state index contributed by atoms with van der Waals surface area (Å²) in [6.45, 7) is 11.8. The Hall–Kier alpha value is -4.02. The lowest BCUT2D eigenvalue weighted by Crippen LogP contribution is -2.41. The monoisotopic (exact) mass is 617 g/mol. The Kier molecular flexibility index (Phi) is 10.6. The number of carboxylic acids is 1. The molecule has 0 fully saturated rings. The molecular formula is C34H43N3O6Si. The van der Waals surface area contributed by atoms with Crippen LogP contribution in [0.1, 0.15) is 73.1 Å². The maximum atomic E-state index is 12.6. The maximum absolute atomic E-state index is 12.6. The van der Waals surface area contributed by atoms with Crippen molar-refractivity contribution in [2.24, 2.45) is 0 Å². The lowest BCUT2D eigenvalue weighted by atomic mass is 9.98. The summed E-state index contributed by atoms with van der Waals surface area (Å²) in [5, 5.41) is 15.1. The molecule has 4 rings (SSSR count). The van der Waals surface area contributed by atoms with Crippen molar-refractivity contribution in [3.8, 4) is 11.1 Å². The summed E-state index contributed by atoms with van der Waals surface area (Å²) in [6, 6.07) is 18.5. The molecular weight excluding hydrogens is 574 g/mol. The van der Waals surface area contributed by atoms with E-state index in [1.165, 1.54) is 0 Å². The quantitative estimate of drug-likeness (QED) is 0.148. The lowest BCUT2D eigenvalue weighted by molar-refractivity contribution is -0.139. The second-order valence-electron chi connectivity index (χ2n) is 12.7. The number of hydrogen-bond acceptors (Lipinski definition) is 6. The molecule has 2 aromatic carbocycles. The smallest absolute Gasteiger partial charge is 0.407 e. The molecule has 1 heterocycles. The first-order valence-electron chi connectivity index (χ1n) is 15.1. The number of carboxylic acid groups (broad SMARTS) is 1. The molecule has 3 N–H and O–H groups in total. The predicted molar refractivity (Wildman–Crippen MR) is 172 cm³/mol. The number of nitrogens with one attached hydrogen (secondary N) is 2. The van der Waals surface area contributed by atoms with Gasteiger partial charge in [-0.1, -0.05) is 69.3 Å². The molecule has 3 aromatic rings. The first-order valence-corrected chi connectivity index (χ1v) is 18.0. The Labute approximate surface area is 260 Å². The minimum Gasteiger partial charge on any atom is -0.480 e. The number of pyridine rings is 1. The zero-order valence-corrected chi connectivity index (χ0v) is 27.2. The van der Waals surface area contributed by atoms with Crippen molar-refractivity contribution >= 4 is 26.3 Å². The van der Waals surface area contributed by atoms with Crippen molar-refractivity contribution in [3.63, 3.8) is 0 Å². The second kappa shape index (κ2) is 14.2. The van der Waals surface area contributed by atoms with Crippen LogP contribution in [-0.4, -0.2) is 55.6 Å². The molecule has 44 heavy (non-hydrogen) atoms. The van der Waals surface area contributed by atoms with Crippen LogP contribution in [0, 0.1) is 0 Å². The van der Waals surface area contributed by atoms with Crippen molar-refractivity contribution in [2.75, 3.05) is 13.2 Å². The van der Waals surface area contributed by atoms with E-state index in [1.807, 2.05) is 36.4 Å². The fraction of sp³-hybridized carbons (Fsp3) is 0.412. The van der Waals surface area contributed by atoms with Crippen LogP contribution in [0.3, 0.4) is 0 Å². The summed E-state index contributed by atoms with van der Waals surface area (Å²) >= 11 is 0. The number of aromatic nitrogens is 1. The molecule has 2 amide bonds. The van der Waals surface area contributed by atoms with Crippen LogP contribution in [0.15, 0.2) is 66.9 Å². The van der Waals surface area contributed by atoms with Gasteiger partial charge >= 0.3 is 12.1 Å². The van der Waals surface area contributed by atoms with Crippen molar-refractivity contribution in [1.82, 2.24) is 15.6 Å². The maximum Gasteiger partial charge on any atom is 0.407 e. The van der Waals surface area contributed by atoms with E-state index in [0.717, 1.165) is 27.9 Å². The number of unbranched alkanes of at least 4 members (excludes halogenated alkanes) is 1. The highest BCUT2D eigenvalue weighted by atomic mass is 28.4. The van der Waals surface area contributed by atoms with Crippen molar-refractivity contribution in [3.05, 3.63) is 89.2 Å². The number of hydrogen-bond donors (Lipinski definition) is 3. The average molecular weight is 618 g/mol. The number of amides is 2. The number of ether oxygens (including phenoxy) is 1. The van der Waals surface area contributed by atoms with E-state index in [1.54, 1.807) is 18.3 Å². The van der Waals surface area contributed by atoms with Crippen LogP contribution < -0.4 is 10.6 Å². The molecule has 0 bridgehead atoms. The van der Waals surface area contributed by atoms with E-state index in [-0.39, 0.29) is 29.9 Å². The average Bonchev–Trinajstić information content (AvgIpc) is 3.31. The molecule has 0 saturated heterocycles. The van der Waals surface area contributed by atoms with Gasteiger partial charge in [0.1, 0.15) is 12.6 Å². The largest absolute Gasteiger partial charge is 0.480 e. The molecule has 0 saturated carbocycles. The topological polar surface area (TPSA) is 127 Å². The van der Waals surface area contributed by atoms with Crippen LogP contribution in [0.25, 0.3) is 11.1 Å². The van der Waals surface area contributed by atoms with E-state index in [9.17, 15) is 19.5 Å². The molecule has 0 unspecified atom stereocenters. The Bertz CT molecular complexity index is 1420. The summed E-state index contributed by atoms with van der Waals surface area (Å²) < 4.78 is 11.7. The van der Waals surface area contributed by atoms with Gasteiger partial charge in [0, 0.05) is 18.7 Å². The molecule has 1 aliphatic carbocycles. The van der Waals surface area contributed by atoms with E-state index >= 15 is 0 Å². The SMILES string of the molecule is CC(C)(C)[Si](C)(C)OCc1ccc(C(=O)NCCCC[C@@H](NC(=O)OCC2c3ccccc3-c3ccccc32)C(=O)O)cn1. The summed E-state index contributed by atoms with van der Waals surface area (Å²) in [5.74, 6) is -1.49. The number of nitrogens with zero attached hydrogens (tertiary/aromatic N) is 1. The van der Waals surface area contributed by atoms with Gasteiger partial charge in [-0.25, -0.2) is 9.59 Å². The highest BCUT2D eigenvalue weighted by Gasteiger charge is 2.37. The molecule has 1 atom stereocenters. The van der Waals surface area contributed by atoms with Gasteiger partial charge < -0.3 is 24.9 Å². The van der Waals surface area contributed by atoms with E-state index in [2.05, 4.69) is 61.6 Å². The van der Waals surface area contributed by atoms with Crippen LogP contribution in [-0.2, 0) is 20.6 Å². The Balaban J connectivity index is 1.18. The minimum absolute atomic E-state index is 0.104. The molecule has 0 aliphatic heterocycles. The molecule has 10 heteroatoms. The standard InChI is InChI=1S/C34H43N3O6Si/c1-34(2,3)44(4,5)43-21-24-18-17-23(20-36-24)31(38)35-19-11-10-16-30(32(39)40)37-33(41)42-22-29-27-14-8-6-12-25(27)26-13-7-9-15-28(26)29/h6-9,12-15,17-18,20,29-30H,10-11,16,19,21-22H2,1-5H3,(H,35,38)(H,37,41)(H,39,40)/t30-/m1/s1. The van der Waals surface area contributed by atoms with Crippen LogP contribution in [0.2, 0.25) is 18.1 Å². The Morgan fingerprint density at radius 3 is 2.16 bits per heavy atom. The van der Waals surface area contributed by atoms with Crippen molar-refractivity contribution in [1.29, 1.82) is 0 Å². The third kappa shape index (κ3) is 8.12. The van der Waals surface area contributed by atoms with Gasteiger partial charge in [0.15, 0.2) is 8.32 Å². The van der Waals surface area contributed by atoms with Gasteiger partial charge in [-0.2, -0.15) is 0 Å². The van der Waals surface area contributed by atoms with Crippen molar-refractivity contribution < 1.29 is 28.7 Å². The van der Waals surface area contributed by atoms with E-state index in [0.29, 0.717) is 31.6 Å². The highest BCUT2D eigenvalue weighted by molar-refractivity contribution is 6.74. The number of rotatable bonds is 13. The number of carbonyl (C=O) groups is 3. The fourth-order valence-corrected chi connectivity index (χ4v) is 5.87. The van der Waals surface area contributed by atoms with Gasteiger partial charge in [-0.3, -0.25) is 9.78 Å². The highest BCUT2D eigenvalue weighted by Crippen LogP contribution is 2.44. The number of alkyl carbamates (subject to hydrolysis) is 1. The molecule has 0 spiro atoms. The summed E-state index contributed by atoms with van der Waals surface area (Å²) in [4.78, 5) is 41.3. The zero-order valence-electron chi connectivity index (χ0n) is 26.2. The van der Waals surface area contributed by atoms with Crippen LogP contribution in [0.4, 0.5) is 4.79 Å². The number of carbonyl (C=O) groups excluding carboxylic acids is 2. The number of benzene rings is 2. The molecule has 9 nitrogen and oxygen atoms in total. The van der Waals surface area contributed by atoms with Crippen LogP contribution >= 0.6 is 0 Å². The third-order valence-corrected chi connectivity index (χ3v) is 13.1. The zero-order chi connectivity index (χ0) is 31.9. The number of aliphatic carboxylic acids is 1. The lowest BCUT2D eigenvalue weighted by Gasteiger charge is -2.36. The first kappa shape index (κ1) is 32.9. The molecule has 1 aromatic heterocycles. The van der Waals surface area contributed by atoms with Gasteiger partial charge in [0.25, 0.3) is 5.91 Å². The first-order chi connectivity index (χ1) is 20.9. The summed E-state index contributed by atoms with van der Waals surface area (Å²) in [6.07, 6.45) is 2.02. The minimum atomic E-state index is -1.89. The van der Waals surface area contributed by atoms with Gasteiger partial charge in [0.05, 0.1) is 17.9 Å². The van der Waals surface area contributed by atoms with Gasteiger partial charge in [0.2, 0.25) is 0 Å². The Morgan fingerprint density at radius 2 is 1.59 bits per heavy atom. The third-order valence-electron chi connectivity index (χ3n) is 8.61. The predicted octanol–water partition coefficient (Wildman–Crippen LogP) is 6.50. The second-order valence-corrected chi connectivity index (χ2v) is 17.5.